The number of benzene rings is 1. The molecule has 0 saturated heterocycles. The van der Waals surface area contributed by atoms with Crippen molar-refractivity contribution in [2.45, 2.75) is 19.5 Å². The van der Waals surface area contributed by atoms with Crippen LogP contribution in [0.4, 0.5) is 10.3 Å². The minimum absolute atomic E-state index is 0.199. The van der Waals surface area contributed by atoms with Crippen LogP contribution in [0.5, 0.6) is 0 Å². The van der Waals surface area contributed by atoms with Gasteiger partial charge >= 0.3 is 0 Å². The lowest BCUT2D eigenvalue weighted by Crippen LogP contribution is -2.16. The van der Waals surface area contributed by atoms with Gasteiger partial charge in [0.1, 0.15) is 12.1 Å². The van der Waals surface area contributed by atoms with Crippen molar-refractivity contribution in [1.29, 1.82) is 0 Å². The van der Waals surface area contributed by atoms with Crippen molar-refractivity contribution in [1.82, 2.24) is 24.5 Å². The van der Waals surface area contributed by atoms with Gasteiger partial charge in [0.2, 0.25) is 11.9 Å². The van der Waals surface area contributed by atoms with Crippen LogP contribution in [-0.4, -0.2) is 30.5 Å². The Morgan fingerprint density at radius 1 is 1.36 bits per heavy atom. The number of hydrogen-bond donors (Lipinski definition) is 1. The molecule has 2 aromatic heterocycles. The van der Waals surface area contributed by atoms with Crippen LogP contribution in [-0.2, 0) is 17.9 Å². The molecule has 0 saturated carbocycles. The molecule has 7 nitrogen and oxygen atoms in total. The summed E-state index contributed by atoms with van der Waals surface area (Å²) < 4.78 is 17.1. The lowest BCUT2D eigenvalue weighted by molar-refractivity contribution is -0.116. The van der Waals surface area contributed by atoms with Gasteiger partial charge < -0.3 is 0 Å². The zero-order chi connectivity index (χ0) is 17.8. The van der Waals surface area contributed by atoms with Crippen LogP contribution in [0.2, 0.25) is 5.02 Å². The van der Waals surface area contributed by atoms with Crippen LogP contribution in [0.25, 0.3) is 0 Å². The van der Waals surface area contributed by atoms with Gasteiger partial charge in [0, 0.05) is 24.2 Å². The van der Waals surface area contributed by atoms with Crippen LogP contribution >= 0.6 is 27.5 Å². The van der Waals surface area contributed by atoms with Crippen molar-refractivity contribution in [2.75, 3.05) is 5.32 Å². The van der Waals surface area contributed by atoms with Crippen molar-refractivity contribution in [2.24, 2.45) is 0 Å². The quantitative estimate of drug-likeness (QED) is 0.656. The maximum Gasteiger partial charge on any atom is 0.248 e. The molecule has 10 heteroatoms. The summed E-state index contributed by atoms with van der Waals surface area (Å²) in [6, 6.07) is 4.15. The van der Waals surface area contributed by atoms with E-state index in [-0.39, 0.29) is 18.3 Å². The molecule has 0 aliphatic heterocycles. The number of carbonyl (C=O) groups is 1. The van der Waals surface area contributed by atoms with E-state index in [2.05, 4.69) is 36.4 Å². The molecule has 0 radical (unpaired) electrons. The van der Waals surface area contributed by atoms with Crippen LogP contribution in [0.1, 0.15) is 12.0 Å². The molecular formula is C15H13BrClFN6O. The first kappa shape index (κ1) is 17.6. The molecule has 130 valence electrons. The number of carbonyl (C=O) groups excluding carboxylic acids is 1. The van der Waals surface area contributed by atoms with Crippen LogP contribution in [0, 0.1) is 5.82 Å². The highest BCUT2D eigenvalue weighted by Gasteiger charge is 2.09. The average Bonchev–Trinajstić information content (AvgIpc) is 3.17. The largest absolute Gasteiger partial charge is 0.293 e. The van der Waals surface area contributed by atoms with Gasteiger partial charge in [-0.1, -0.05) is 17.7 Å². The van der Waals surface area contributed by atoms with Gasteiger partial charge in [0.25, 0.3) is 0 Å². The van der Waals surface area contributed by atoms with Crippen molar-refractivity contribution in [3.63, 3.8) is 0 Å². The third kappa shape index (κ3) is 4.86. The fourth-order valence-electron chi connectivity index (χ4n) is 2.12. The molecular weight excluding hydrogens is 415 g/mol. The van der Waals surface area contributed by atoms with Gasteiger partial charge in [-0.2, -0.15) is 5.10 Å². The van der Waals surface area contributed by atoms with Crippen LogP contribution in [0.3, 0.4) is 0 Å². The molecule has 0 spiro atoms. The van der Waals surface area contributed by atoms with Crippen molar-refractivity contribution < 1.29 is 9.18 Å². The number of rotatable bonds is 6. The second-order valence-electron chi connectivity index (χ2n) is 5.22. The number of hydrogen-bond acceptors (Lipinski definition) is 4. The third-order valence-corrected chi connectivity index (χ3v) is 4.07. The average molecular weight is 428 g/mol. The predicted molar refractivity (Wildman–Crippen MR) is 93.7 cm³/mol. The predicted octanol–water partition coefficient (Wildman–Crippen LogP) is 3.11. The van der Waals surface area contributed by atoms with Crippen molar-refractivity contribution in [3.8, 4) is 0 Å². The third-order valence-electron chi connectivity index (χ3n) is 3.30. The normalized spacial score (nSPS) is 10.8. The first-order valence-corrected chi connectivity index (χ1v) is 8.48. The fourth-order valence-corrected chi connectivity index (χ4v) is 2.67. The molecule has 25 heavy (non-hydrogen) atoms. The molecule has 0 bridgehead atoms. The number of amides is 1. The molecule has 0 unspecified atom stereocenters. The summed E-state index contributed by atoms with van der Waals surface area (Å²) in [5, 5.41) is 11.2. The van der Waals surface area contributed by atoms with Gasteiger partial charge in [-0.3, -0.25) is 14.8 Å². The standard InChI is InChI=1S/C15H13BrClFN6O/c16-11-6-20-23(8-11)4-3-14(25)21-15-19-9-24(22-15)7-10-1-2-12(18)5-13(10)17/h1-2,5-6,8-9H,3-4,7H2,(H,21,22,25). The number of aromatic nitrogens is 5. The Balaban J connectivity index is 1.55. The lowest BCUT2D eigenvalue weighted by atomic mass is 10.2. The molecule has 1 amide bonds. The first-order chi connectivity index (χ1) is 12.0. The molecule has 1 aromatic carbocycles. The van der Waals surface area contributed by atoms with Gasteiger partial charge in [-0.15, -0.1) is 5.10 Å². The number of nitrogens with one attached hydrogen (secondary N) is 1. The summed E-state index contributed by atoms with van der Waals surface area (Å²) >= 11 is 9.28. The van der Waals surface area contributed by atoms with Crippen LogP contribution in [0.15, 0.2) is 41.4 Å². The second-order valence-corrected chi connectivity index (χ2v) is 6.54. The highest BCUT2D eigenvalue weighted by atomic mass is 79.9. The molecule has 0 atom stereocenters. The van der Waals surface area contributed by atoms with E-state index in [0.717, 1.165) is 4.47 Å². The van der Waals surface area contributed by atoms with E-state index in [1.54, 1.807) is 23.1 Å². The van der Waals surface area contributed by atoms with E-state index < -0.39 is 5.82 Å². The molecule has 3 aromatic rings. The molecule has 3 rings (SSSR count). The Kier molecular flexibility index (Phi) is 5.44. The smallest absolute Gasteiger partial charge is 0.248 e. The SMILES string of the molecule is O=C(CCn1cc(Br)cn1)Nc1ncn(Cc2ccc(F)cc2Cl)n1. The number of anilines is 1. The molecule has 0 fully saturated rings. The van der Waals surface area contributed by atoms with E-state index in [1.807, 2.05) is 0 Å². The monoisotopic (exact) mass is 426 g/mol. The van der Waals surface area contributed by atoms with Gasteiger partial charge in [-0.25, -0.2) is 14.1 Å². The topological polar surface area (TPSA) is 77.6 Å². The van der Waals surface area contributed by atoms with E-state index in [4.69, 9.17) is 11.6 Å². The summed E-state index contributed by atoms with van der Waals surface area (Å²) in [5.41, 5.74) is 0.704. The summed E-state index contributed by atoms with van der Waals surface area (Å²) in [6.45, 7) is 0.770. The Labute approximate surface area is 155 Å². The zero-order valence-corrected chi connectivity index (χ0v) is 15.2. The number of aryl methyl sites for hydroxylation is 1. The van der Waals surface area contributed by atoms with E-state index >= 15 is 0 Å². The maximum absolute atomic E-state index is 13.1. The summed E-state index contributed by atoms with van der Waals surface area (Å²) in [6.07, 6.45) is 5.15. The minimum atomic E-state index is -0.399. The number of nitrogens with zero attached hydrogens (tertiary/aromatic N) is 5. The molecule has 1 N–H and O–H groups in total. The minimum Gasteiger partial charge on any atom is -0.293 e. The first-order valence-electron chi connectivity index (χ1n) is 7.31. The summed E-state index contributed by atoms with van der Waals surface area (Å²) in [5.74, 6) is -0.418. The highest BCUT2D eigenvalue weighted by molar-refractivity contribution is 9.10. The van der Waals surface area contributed by atoms with Crippen molar-refractivity contribution in [3.05, 3.63) is 57.8 Å². The Morgan fingerprint density at radius 2 is 2.20 bits per heavy atom. The van der Waals surface area contributed by atoms with Crippen LogP contribution < -0.4 is 5.32 Å². The zero-order valence-electron chi connectivity index (χ0n) is 12.9. The second kappa shape index (κ2) is 7.75. The lowest BCUT2D eigenvalue weighted by Gasteiger charge is -2.04. The number of halogens is 3. The maximum atomic E-state index is 13.1. The molecule has 2 heterocycles. The van der Waals surface area contributed by atoms with Crippen molar-refractivity contribution >= 4 is 39.4 Å². The Hall–Kier alpha value is -2.26. The van der Waals surface area contributed by atoms with Gasteiger partial charge in [-0.05, 0) is 33.6 Å². The van der Waals surface area contributed by atoms with E-state index in [1.165, 1.54) is 23.1 Å². The highest BCUT2D eigenvalue weighted by Crippen LogP contribution is 2.18. The summed E-state index contributed by atoms with van der Waals surface area (Å²) in [4.78, 5) is 16.0. The summed E-state index contributed by atoms with van der Waals surface area (Å²) in [7, 11) is 0. The fraction of sp³-hybridized carbons (Fsp3) is 0.200. The van der Waals surface area contributed by atoms with E-state index in [9.17, 15) is 9.18 Å². The molecule has 0 aliphatic carbocycles. The Bertz CT molecular complexity index is 896. The van der Waals surface area contributed by atoms with E-state index in [0.29, 0.717) is 23.7 Å². The molecule has 0 aliphatic rings. The van der Waals surface area contributed by atoms with Gasteiger partial charge in [0.15, 0.2) is 0 Å². The van der Waals surface area contributed by atoms with Gasteiger partial charge in [0.05, 0.1) is 17.2 Å². The Morgan fingerprint density at radius 3 is 2.92 bits per heavy atom.